The van der Waals surface area contributed by atoms with Gasteiger partial charge in [-0.25, -0.2) is 0 Å². The Morgan fingerprint density at radius 2 is 1.71 bits per heavy atom. The second kappa shape index (κ2) is 10.6. The van der Waals surface area contributed by atoms with Gasteiger partial charge in [0.15, 0.2) is 0 Å². The van der Waals surface area contributed by atoms with Crippen LogP contribution in [0.15, 0.2) is 78.9 Å². The maximum Gasteiger partial charge on any atom is 0.228 e. The highest BCUT2D eigenvalue weighted by Crippen LogP contribution is 2.38. The number of ether oxygens (including phenoxy) is 2. The third-order valence-electron chi connectivity index (χ3n) is 7.02. The van der Waals surface area contributed by atoms with E-state index in [0.717, 1.165) is 23.4 Å². The molecule has 0 aromatic heterocycles. The first-order chi connectivity index (χ1) is 17.1. The third-order valence-corrected chi connectivity index (χ3v) is 7.02. The fourth-order valence-corrected chi connectivity index (χ4v) is 5.37. The van der Waals surface area contributed by atoms with Crippen LogP contribution >= 0.6 is 0 Å². The van der Waals surface area contributed by atoms with Gasteiger partial charge in [-0.1, -0.05) is 66.7 Å². The van der Waals surface area contributed by atoms with Crippen LogP contribution in [-0.4, -0.2) is 49.8 Å². The largest absolute Gasteiger partial charge is 0.491 e. The predicted molar refractivity (Wildman–Crippen MR) is 138 cm³/mol. The summed E-state index contributed by atoms with van der Waals surface area (Å²) in [4.78, 5) is 16.0. The van der Waals surface area contributed by atoms with Crippen molar-refractivity contribution in [2.24, 2.45) is 5.92 Å². The average molecular weight is 471 g/mol. The number of carbonyl (C=O) groups excluding carboxylic acids is 1. The second-order valence-corrected chi connectivity index (χ2v) is 9.68. The van der Waals surface area contributed by atoms with E-state index in [4.69, 9.17) is 9.47 Å². The zero-order valence-corrected chi connectivity index (χ0v) is 20.5. The molecule has 5 heteroatoms. The molecule has 0 aliphatic carbocycles. The zero-order chi connectivity index (χ0) is 24.2. The molecule has 1 N–H and O–H groups in total. The van der Waals surface area contributed by atoms with Crippen molar-refractivity contribution in [2.75, 3.05) is 32.8 Å². The van der Waals surface area contributed by atoms with Crippen molar-refractivity contribution < 1.29 is 14.3 Å². The van der Waals surface area contributed by atoms with E-state index < -0.39 is 0 Å². The summed E-state index contributed by atoms with van der Waals surface area (Å²) in [5.41, 5.74) is 4.67. The van der Waals surface area contributed by atoms with Gasteiger partial charge in [0, 0.05) is 25.6 Å². The van der Waals surface area contributed by atoms with Gasteiger partial charge in [0.1, 0.15) is 5.75 Å². The molecule has 5 nitrogen and oxygen atoms in total. The lowest BCUT2D eigenvalue weighted by Gasteiger charge is -2.38. The fourth-order valence-electron chi connectivity index (χ4n) is 5.37. The van der Waals surface area contributed by atoms with Crippen molar-refractivity contribution in [3.8, 4) is 16.9 Å². The molecule has 0 saturated carbocycles. The highest BCUT2D eigenvalue weighted by Gasteiger charge is 2.40. The van der Waals surface area contributed by atoms with Crippen molar-refractivity contribution in [3.63, 3.8) is 0 Å². The van der Waals surface area contributed by atoms with Crippen LogP contribution in [0.3, 0.4) is 0 Å². The Morgan fingerprint density at radius 1 is 0.971 bits per heavy atom. The number of hydrogen-bond acceptors (Lipinski definition) is 4. The van der Waals surface area contributed by atoms with Crippen LogP contribution in [-0.2, 0) is 9.53 Å². The Morgan fingerprint density at radius 3 is 2.49 bits per heavy atom. The van der Waals surface area contributed by atoms with Crippen LogP contribution < -0.4 is 10.1 Å². The molecule has 2 aliphatic heterocycles. The van der Waals surface area contributed by atoms with Gasteiger partial charge >= 0.3 is 0 Å². The zero-order valence-electron chi connectivity index (χ0n) is 20.5. The summed E-state index contributed by atoms with van der Waals surface area (Å²) in [6.07, 6.45) is 0.143. The van der Waals surface area contributed by atoms with Crippen molar-refractivity contribution in [1.82, 2.24) is 10.2 Å². The van der Waals surface area contributed by atoms with E-state index in [1.165, 1.54) is 11.1 Å². The first-order valence-electron chi connectivity index (χ1n) is 12.6. The normalized spacial score (nSPS) is 22.4. The molecule has 2 aliphatic rings. The number of morpholine rings is 1. The molecule has 2 saturated heterocycles. The van der Waals surface area contributed by atoms with Crippen LogP contribution in [0, 0.1) is 5.92 Å². The predicted octanol–water partition coefficient (Wildman–Crippen LogP) is 5.04. The molecule has 182 valence electrons. The number of rotatable bonds is 6. The van der Waals surface area contributed by atoms with Crippen molar-refractivity contribution in [1.29, 1.82) is 0 Å². The quantitative estimate of drug-likeness (QED) is 0.548. The first-order valence-corrected chi connectivity index (χ1v) is 12.6. The van der Waals surface area contributed by atoms with Crippen molar-refractivity contribution in [2.45, 2.75) is 31.9 Å². The van der Waals surface area contributed by atoms with E-state index in [-0.39, 0.29) is 29.9 Å². The van der Waals surface area contributed by atoms with Crippen LogP contribution in [0.1, 0.15) is 36.9 Å². The molecule has 0 radical (unpaired) electrons. The molecule has 5 rings (SSSR count). The lowest BCUT2D eigenvalue weighted by Crippen LogP contribution is -2.47. The maximum atomic E-state index is 14.0. The molecule has 2 fully saturated rings. The van der Waals surface area contributed by atoms with Crippen LogP contribution in [0.2, 0.25) is 0 Å². The Balaban J connectivity index is 1.42. The lowest BCUT2D eigenvalue weighted by atomic mass is 9.83. The highest BCUT2D eigenvalue weighted by atomic mass is 16.5. The van der Waals surface area contributed by atoms with Crippen molar-refractivity contribution >= 4 is 5.91 Å². The number of carbonyl (C=O) groups is 1. The van der Waals surface area contributed by atoms with Gasteiger partial charge in [0.05, 0.1) is 31.3 Å². The standard InChI is InChI=1S/C30H34N2O3/c1-21(2)35-24-14-12-22(13-15-24)25-10-6-7-11-26(25)27-18-31-19-28(27)30(33)32-16-17-34-20-29(32)23-8-4-3-5-9-23/h3-15,21,27-29,31H,16-20H2,1-2H3/t27-,28+,29+/m0/s1. The van der Waals surface area contributed by atoms with Crippen LogP contribution in [0.5, 0.6) is 5.75 Å². The van der Waals surface area contributed by atoms with E-state index in [1.54, 1.807) is 0 Å². The molecular weight excluding hydrogens is 436 g/mol. The molecule has 2 heterocycles. The van der Waals surface area contributed by atoms with E-state index in [0.29, 0.717) is 26.3 Å². The molecule has 1 amide bonds. The first kappa shape index (κ1) is 23.6. The van der Waals surface area contributed by atoms with Gasteiger partial charge in [-0.05, 0) is 48.2 Å². The molecule has 0 bridgehead atoms. The Bertz CT molecular complexity index is 1130. The molecule has 3 aromatic rings. The smallest absolute Gasteiger partial charge is 0.228 e. The van der Waals surface area contributed by atoms with Gasteiger partial charge in [0.2, 0.25) is 5.91 Å². The van der Waals surface area contributed by atoms with Crippen LogP contribution in [0.4, 0.5) is 0 Å². The summed E-state index contributed by atoms with van der Waals surface area (Å²) in [5, 5.41) is 3.51. The SMILES string of the molecule is CC(C)Oc1ccc(-c2ccccc2[C@@H]2CNC[C@H]2C(=O)N2CCOC[C@@H]2c2ccccc2)cc1. The highest BCUT2D eigenvalue weighted by molar-refractivity contribution is 5.82. The van der Waals surface area contributed by atoms with Gasteiger partial charge in [-0.3, -0.25) is 4.79 Å². The minimum Gasteiger partial charge on any atom is -0.491 e. The molecular formula is C30H34N2O3. The number of nitrogens with one attached hydrogen (secondary N) is 1. The third kappa shape index (κ3) is 5.12. The molecule has 0 spiro atoms. The van der Waals surface area contributed by atoms with E-state index in [2.05, 4.69) is 53.8 Å². The van der Waals surface area contributed by atoms with Gasteiger partial charge < -0.3 is 19.7 Å². The summed E-state index contributed by atoms with van der Waals surface area (Å²) in [7, 11) is 0. The van der Waals surface area contributed by atoms with Crippen LogP contribution in [0.25, 0.3) is 11.1 Å². The Kier molecular flexibility index (Phi) is 7.16. The van der Waals surface area contributed by atoms with E-state index in [9.17, 15) is 4.79 Å². The molecule has 35 heavy (non-hydrogen) atoms. The van der Waals surface area contributed by atoms with E-state index >= 15 is 0 Å². The van der Waals surface area contributed by atoms with Gasteiger partial charge in [0.25, 0.3) is 0 Å². The monoisotopic (exact) mass is 470 g/mol. The molecule has 0 unspecified atom stereocenters. The summed E-state index contributed by atoms with van der Waals surface area (Å²) in [6.45, 7) is 7.30. The van der Waals surface area contributed by atoms with Gasteiger partial charge in [-0.15, -0.1) is 0 Å². The average Bonchev–Trinajstić information content (AvgIpc) is 3.39. The number of hydrogen-bond donors (Lipinski definition) is 1. The van der Waals surface area contributed by atoms with Crippen molar-refractivity contribution in [3.05, 3.63) is 90.0 Å². The molecule has 3 aromatic carbocycles. The summed E-state index contributed by atoms with van der Waals surface area (Å²) in [5.74, 6) is 1.09. The van der Waals surface area contributed by atoms with Gasteiger partial charge in [-0.2, -0.15) is 0 Å². The fraction of sp³-hybridized carbons (Fsp3) is 0.367. The molecule has 3 atom stereocenters. The Hall–Kier alpha value is -3.15. The summed E-state index contributed by atoms with van der Waals surface area (Å²) < 4.78 is 11.6. The minimum absolute atomic E-state index is 0.0394. The Labute approximate surface area is 208 Å². The van der Waals surface area contributed by atoms with E-state index in [1.807, 2.05) is 49.1 Å². The summed E-state index contributed by atoms with van der Waals surface area (Å²) in [6, 6.07) is 27.0. The topological polar surface area (TPSA) is 50.8 Å². The number of nitrogens with zero attached hydrogens (tertiary/aromatic N) is 1. The summed E-state index contributed by atoms with van der Waals surface area (Å²) >= 11 is 0. The second-order valence-electron chi connectivity index (χ2n) is 9.68. The lowest BCUT2D eigenvalue weighted by molar-refractivity contribution is -0.144. The maximum absolute atomic E-state index is 14.0. The number of benzene rings is 3. The minimum atomic E-state index is -0.107. The number of amides is 1.